The van der Waals surface area contributed by atoms with Crippen LogP contribution in [0, 0.1) is 11.7 Å². The Morgan fingerprint density at radius 1 is 1.05 bits per heavy atom. The summed E-state index contributed by atoms with van der Waals surface area (Å²) >= 11 is 6.02. The Morgan fingerprint density at radius 2 is 1.84 bits per heavy atom. The van der Waals surface area contributed by atoms with Gasteiger partial charge in [0.2, 0.25) is 0 Å². The summed E-state index contributed by atoms with van der Waals surface area (Å²) in [5.41, 5.74) is 9.03. The van der Waals surface area contributed by atoms with E-state index in [-0.39, 0.29) is 39.6 Å². The lowest BCUT2D eigenvalue weighted by Gasteiger charge is -2.24. The number of benzene rings is 3. The van der Waals surface area contributed by atoms with Gasteiger partial charge in [-0.2, -0.15) is 0 Å². The number of amides is 2. The monoisotopic (exact) mass is 519 g/mol. The second-order valence-corrected chi connectivity index (χ2v) is 9.58. The standard InChI is InChI=1S/C28H23ClFN3O4/c29-23-8-5-17(30)13-22(23)26(34)32-18-6-7-20(24(31)14-18)27(35)33-10-9-15-11-16(28(36)37)12-21(15)19-3-1-2-4-25(19)33/h1-8,12-15,21H,9-11,31H2,(H,32,34)(H,36,37)/t15?,21-/m0/s1. The normalized spacial score (nSPS) is 18.3. The minimum Gasteiger partial charge on any atom is -0.478 e. The molecule has 1 aliphatic carbocycles. The van der Waals surface area contributed by atoms with Gasteiger partial charge in [-0.15, -0.1) is 0 Å². The van der Waals surface area contributed by atoms with Gasteiger partial charge in [0, 0.05) is 35.1 Å². The maximum absolute atomic E-state index is 13.7. The summed E-state index contributed by atoms with van der Waals surface area (Å²) in [4.78, 5) is 39.5. The van der Waals surface area contributed by atoms with E-state index < -0.39 is 17.7 Å². The zero-order chi connectivity index (χ0) is 26.3. The predicted octanol–water partition coefficient (Wildman–Crippen LogP) is 5.48. The number of allylic oxidation sites excluding steroid dienone is 1. The van der Waals surface area contributed by atoms with E-state index in [2.05, 4.69) is 5.32 Å². The van der Waals surface area contributed by atoms with Crippen molar-refractivity contribution in [1.29, 1.82) is 0 Å². The minimum atomic E-state index is -0.905. The number of aliphatic carboxylic acids is 1. The zero-order valence-electron chi connectivity index (χ0n) is 19.6. The Hall–Kier alpha value is -4.17. The summed E-state index contributed by atoms with van der Waals surface area (Å²) in [5.74, 6) is -2.38. The number of rotatable bonds is 4. The van der Waals surface area contributed by atoms with Gasteiger partial charge >= 0.3 is 5.97 Å². The molecule has 9 heteroatoms. The number of hydrogen-bond donors (Lipinski definition) is 3. The number of halogens is 2. The molecule has 5 rings (SSSR count). The van der Waals surface area contributed by atoms with Crippen LogP contribution in [0.3, 0.4) is 0 Å². The third kappa shape index (κ3) is 4.68. The topological polar surface area (TPSA) is 113 Å². The number of nitrogens with two attached hydrogens (primary N) is 1. The molecule has 188 valence electrons. The van der Waals surface area contributed by atoms with Crippen LogP contribution in [0.5, 0.6) is 0 Å². The third-order valence-electron chi connectivity index (χ3n) is 6.91. The lowest BCUT2D eigenvalue weighted by molar-refractivity contribution is -0.132. The fourth-order valence-corrected chi connectivity index (χ4v) is 5.31. The molecule has 0 saturated heterocycles. The Kier molecular flexibility index (Phi) is 6.43. The van der Waals surface area contributed by atoms with Crippen LogP contribution in [0.15, 0.2) is 72.3 Å². The summed E-state index contributed by atoms with van der Waals surface area (Å²) in [5, 5.41) is 12.2. The van der Waals surface area contributed by atoms with Crippen molar-refractivity contribution >= 4 is 46.4 Å². The van der Waals surface area contributed by atoms with Crippen molar-refractivity contribution < 1.29 is 23.9 Å². The summed E-state index contributed by atoms with van der Waals surface area (Å²) < 4.78 is 13.6. The van der Waals surface area contributed by atoms with Gasteiger partial charge in [-0.05, 0) is 66.8 Å². The molecule has 3 aromatic rings. The van der Waals surface area contributed by atoms with Crippen molar-refractivity contribution in [2.75, 3.05) is 22.5 Å². The maximum Gasteiger partial charge on any atom is 0.331 e. The molecule has 4 N–H and O–H groups in total. The van der Waals surface area contributed by atoms with E-state index in [0.717, 1.165) is 23.4 Å². The molecule has 0 radical (unpaired) electrons. The quantitative estimate of drug-likeness (QED) is 0.395. The number of nitrogens with zero attached hydrogens (tertiary/aromatic N) is 1. The number of carbonyl (C=O) groups is 3. The average Bonchev–Trinajstić information content (AvgIpc) is 3.24. The second kappa shape index (κ2) is 9.71. The number of nitrogen functional groups attached to an aromatic ring is 1. The van der Waals surface area contributed by atoms with Crippen LogP contribution in [-0.4, -0.2) is 29.4 Å². The largest absolute Gasteiger partial charge is 0.478 e. The molecule has 2 amide bonds. The smallest absolute Gasteiger partial charge is 0.331 e. The SMILES string of the molecule is Nc1cc(NC(=O)c2cc(F)ccc2Cl)ccc1C(=O)N1CCC2CC(C(=O)O)=C[C@@H]2c2ccccc21. The molecule has 0 spiro atoms. The Morgan fingerprint density at radius 3 is 2.59 bits per heavy atom. The highest BCUT2D eigenvalue weighted by Gasteiger charge is 2.37. The lowest BCUT2D eigenvalue weighted by atomic mass is 9.87. The first-order valence-corrected chi connectivity index (χ1v) is 12.1. The first-order chi connectivity index (χ1) is 17.7. The number of nitrogens with one attached hydrogen (secondary N) is 1. The number of hydrogen-bond acceptors (Lipinski definition) is 4. The fourth-order valence-electron chi connectivity index (χ4n) is 5.11. The van der Waals surface area contributed by atoms with E-state index in [1.165, 1.54) is 18.2 Å². The number of carboxylic acids is 1. The Balaban J connectivity index is 1.41. The van der Waals surface area contributed by atoms with E-state index in [0.29, 0.717) is 30.6 Å². The molecule has 7 nitrogen and oxygen atoms in total. The van der Waals surface area contributed by atoms with Gasteiger partial charge in [-0.3, -0.25) is 9.59 Å². The van der Waals surface area contributed by atoms with Crippen LogP contribution < -0.4 is 16.0 Å². The highest BCUT2D eigenvalue weighted by Crippen LogP contribution is 2.46. The van der Waals surface area contributed by atoms with Crippen molar-refractivity contribution in [2.24, 2.45) is 5.92 Å². The molecule has 2 atom stereocenters. The van der Waals surface area contributed by atoms with Gasteiger partial charge in [0.15, 0.2) is 0 Å². The van der Waals surface area contributed by atoms with Crippen molar-refractivity contribution in [1.82, 2.24) is 0 Å². The summed E-state index contributed by atoms with van der Waals surface area (Å²) in [6.45, 7) is 0.410. The number of anilines is 3. The van der Waals surface area contributed by atoms with Crippen molar-refractivity contribution in [3.8, 4) is 0 Å². The van der Waals surface area contributed by atoms with Gasteiger partial charge in [-0.25, -0.2) is 9.18 Å². The van der Waals surface area contributed by atoms with Gasteiger partial charge in [0.05, 0.1) is 16.1 Å². The number of carbonyl (C=O) groups excluding carboxylic acids is 2. The van der Waals surface area contributed by atoms with Crippen LogP contribution in [0.4, 0.5) is 21.5 Å². The summed E-state index contributed by atoms with van der Waals surface area (Å²) in [6, 6.07) is 15.6. The van der Waals surface area contributed by atoms with Crippen LogP contribution in [-0.2, 0) is 4.79 Å². The average molecular weight is 520 g/mol. The number of fused-ring (bicyclic) bond motifs is 3. The fraction of sp³-hybridized carbons (Fsp3) is 0.179. The molecule has 1 aliphatic heterocycles. The third-order valence-corrected chi connectivity index (χ3v) is 7.24. The predicted molar refractivity (Wildman–Crippen MR) is 140 cm³/mol. The molecule has 0 bridgehead atoms. The highest BCUT2D eigenvalue weighted by atomic mass is 35.5. The van der Waals surface area contributed by atoms with E-state index in [4.69, 9.17) is 17.3 Å². The van der Waals surface area contributed by atoms with Crippen LogP contribution in [0.2, 0.25) is 5.02 Å². The molecule has 0 aromatic heterocycles. The highest BCUT2D eigenvalue weighted by molar-refractivity contribution is 6.34. The Bertz CT molecular complexity index is 1470. The van der Waals surface area contributed by atoms with Gasteiger partial charge < -0.3 is 21.1 Å². The van der Waals surface area contributed by atoms with E-state index in [1.807, 2.05) is 24.3 Å². The van der Waals surface area contributed by atoms with Crippen molar-refractivity contribution in [3.63, 3.8) is 0 Å². The summed E-state index contributed by atoms with van der Waals surface area (Å²) in [7, 11) is 0. The van der Waals surface area contributed by atoms with Crippen LogP contribution in [0.1, 0.15) is 45.0 Å². The molecule has 0 fully saturated rings. The lowest BCUT2D eigenvalue weighted by Crippen LogP contribution is -2.32. The second-order valence-electron chi connectivity index (χ2n) is 9.17. The molecule has 1 unspecified atom stereocenters. The van der Waals surface area contributed by atoms with Crippen LogP contribution >= 0.6 is 11.6 Å². The van der Waals surface area contributed by atoms with Crippen LogP contribution in [0.25, 0.3) is 0 Å². The molecule has 3 aromatic carbocycles. The van der Waals surface area contributed by atoms with Gasteiger partial charge in [0.25, 0.3) is 11.8 Å². The zero-order valence-corrected chi connectivity index (χ0v) is 20.3. The number of para-hydroxylation sites is 1. The van der Waals surface area contributed by atoms with E-state index in [1.54, 1.807) is 17.0 Å². The molecular formula is C28H23ClFN3O4. The minimum absolute atomic E-state index is 0.0211. The van der Waals surface area contributed by atoms with Gasteiger partial charge in [-0.1, -0.05) is 35.9 Å². The summed E-state index contributed by atoms with van der Waals surface area (Å²) in [6.07, 6.45) is 2.90. The Labute approximate surface area is 217 Å². The maximum atomic E-state index is 13.7. The van der Waals surface area contributed by atoms with Gasteiger partial charge in [0.1, 0.15) is 5.82 Å². The first-order valence-electron chi connectivity index (χ1n) is 11.7. The molecule has 1 heterocycles. The molecule has 2 aliphatic rings. The first kappa shape index (κ1) is 24.5. The number of carboxylic acid groups (broad SMARTS) is 1. The molecular weight excluding hydrogens is 497 g/mol. The van der Waals surface area contributed by atoms with E-state index in [9.17, 15) is 23.9 Å². The van der Waals surface area contributed by atoms with Crippen molar-refractivity contribution in [3.05, 3.63) is 99.8 Å². The van der Waals surface area contributed by atoms with E-state index >= 15 is 0 Å². The van der Waals surface area contributed by atoms with Crippen molar-refractivity contribution in [2.45, 2.75) is 18.8 Å². The molecule has 37 heavy (non-hydrogen) atoms. The molecule has 0 saturated carbocycles.